The summed E-state index contributed by atoms with van der Waals surface area (Å²) < 4.78 is 5.05. The maximum absolute atomic E-state index is 13.0. The van der Waals surface area contributed by atoms with E-state index < -0.39 is 52.2 Å². The van der Waals surface area contributed by atoms with E-state index >= 15 is 0 Å². The molecule has 0 radical (unpaired) electrons. The first-order valence-corrected chi connectivity index (χ1v) is 15.1. The highest BCUT2D eigenvalue weighted by molar-refractivity contribution is 8.02. The number of nitrogens with two attached hydrogens (primary N) is 1. The van der Waals surface area contributed by atoms with Crippen molar-refractivity contribution in [1.29, 1.82) is 0 Å². The molecule has 2 aliphatic rings. The van der Waals surface area contributed by atoms with E-state index in [2.05, 4.69) is 30.7 Å². The number of nitrogen functional groups attached to an aromatic ring is 1. The molecule has 43 heavy (non-hydrogen) atoms. The summed E-state index contributed by atoms with van der Waals surface area (Å²) in [7, 11) is 0. The number of nitrogens with one attached hydrogen (secondary N) is 3. The van der Waals surface area contributed by atoms with E-state index in [1.807, 2.05) is 0 Å². The number of fused-ring (bicyclic) bond motifs is 1. The van der Waals surface area contributed by atoms with Crippen molar-refractivity contribution in [2.75, 3.05) is 16.8 Å². The van der Waals surface area contributed by atoms with Crippen LogP contribution >= 0.6 is 46.5 Å². The molecule has 7 N–H and O–H groups in total. The first-order chi connectivity index (χ1) is 20.2. The second-order valence-corrected chi connectivity index (χ2v) is 13.3. The fourth-order valence-corrected chi connectivity index (χ4v) is 6.82. The number of amides is 3. The van der Waals surface area contributed by atoms with Gasteiger partial charge < -0.3 is 26.1 Å². The maximum atomic E-state index is 13.0. The topological polar surface area (TPSA) is 242 Å². The van der Waals surface area contributed by atoms with Crippen molar-refractivity contribution in [3.63, 3.8) is 0 Å². The summed E-state index contributed by atoms with van der Waals surface area (Å²) in [6, 6.07) is 0.0695. The zero-order valence-corrected chi connectivity index (χ0v) is 25.6. The molecule has 0 unspecified atom stereocenters. The average molecular weight is 671 g/mol. The van der Waals surface area contributed by atoms with Gasteiger partial charge in [0.2, 0.25) is 5.95 Å². The van der Waals surface area contributed by atoms with Crippen LogP contribution in [0.25, 0.3) is 0 Å². The summed E-state index contributed by atoms with van der Waals surface area (Å²) in [5, 5.41) is 28.2. The van der Waals surface area contributed by atoms with E-state index in [0.717, 1.165) is 28.0 Å². The van der Waals surface area contributed by atoms with E-state index in [1.54, 1.807) is 20.8 Å². The van der Waals surface area contributed by atoms with Gasteiger partial charge in [-0.05, 0) is 37.8 Å². The Kier molecular flexibility index (Phi) is 9.38. The predicted octanol–water partition coefficient (Wildman–Crippen LogP) is 2.03. The number of aliphatic carboxylic acids is 1. The van der Waals surface area contributed by atoms with Crippen LogP contribution in [0.2, 0.25) is 4.34 Å². The molecule has 0 aliphatic carbocycles. The van der Waals surface area contributed by atoms with Gasteiger partial charge >= 0.3 is 12.1 Å². The van der Waals surface area contributed by atoms with Crippen LogP contribution in [0.1, 0.15) is 26.5 Å². The zero-order valence-electron chi connectivity index (χ0n) is 22.4. The Labute approximate surface area is 259 Å². The number of hydrogen-bond donors (Lipinski definition) is 6. The highest BCUT2D eigenvalue weighted by Gasteiger charge is 2.54. The van der Waals surface area contributed by atoms with Gasteiger partial charge in [-0.2, -0.15) is 0 Å². The average Bonchev–Trinajstić information content (AvgIpc) is 3.24. The van der Waals surface area contributed by atoms with Crippen LogP contribution in [0.3, 0.4) is 0 Å². The molecule has 16 nitrogen and oxygen atoms in total. The van der Waals surface area contributed by atoms with Crippen LogP contribution in [0.15, 0.2) is 43.8 Å². The first-order valence-electron chi connectivity index (χ1n) is 12.0. The third kappa shape index (κ3) is 7.29. The summed E-state index contributed by atoms with van der Waals surface area (Å²) >= 11 is 9.18. The maximum Gasteiger partial charge on any atom is 0.413 e. The quantitative estimate of drug-likeness (QED) is 0.0589. The smallest absolute Gasteiger partial charge is 0.413 e. The lowest BCUT2D eigenvalue weighted by Crippen LogP contribution is -2.71. The molecule has 2 aromatic rings. The van der Waals surface area contributed by atoms with Gasteiger partial charge in [0.25, 0.3) is 17.4 Å². The van der Waals surface area contributed by atoms with Crippen molar-refractivity contribution in [3.05, 3.63) is 49.2 Å². The van der Waals surface area contributed by atoms with Gasteiger partial charge in [-0.25, -0.2) is 19.6 Å². The number of allylic oxidation sites excluding steroid dienone is 1. The number of hydrogen-bond acceptors (Lipinski definition) is 14. The summed E-state index contributed by atoms with van der Waals surface area (Å²) in [5.74, 6) is -2.98. The van der Waals surface area contributed by atoms with Gasteiger partial charge in [0, 0.05) is 11.8 Å². The molecule has 2 atom stereocenters. The van der Waals surface area contributed by atoms with Crippen molar-refractivity contribution in [2.45, 2.75) is 42.8 Å². The standard InChI is InChI=1S/C23H23ClN8O8S3/c1-23(2,3)40-22(38)30-21-29-11(15(24)43-21)12(31-39)16(34)28-13-17(35)32-14(19(36)37)8(7-42-18(13)32)4-5-41-10-6-9(33)26-20(25)27-10/h4-6,13,18,39H,7H2,1-3H3,(H,28,34)(H,36,37)(H,29,30,38)(H3,25,26,27,33)/b5-4+,31-12-/t13-,18-/m1/s1. The minimum atomic E-state index is -1.36. The van der Waals surface area contributed by atoms with E-state index in [0.29, 0.717) is 5.57 Å². The number of oxime groups is 1. The normalized spacial score (nSPS) is 18.7. The Hall–Kier alpha value is -4.07. The fraction of sp³-hybridized carbons (Fsp3) is 0.304. The number of anilines is 2. The zero-order chi connectivity index (χ0) is 31.6. The molecule has 2 aliphatic heterocycles. The van der Waals surface area contributed by atoms with E-state index in [-0.39, 0.29) is 37.6 Å². The molecule has 0 spiro atoms. The number of H-pyrrole nitrogens is 1. The lowest BCUT2D eigenvalue weighted by molar-refractivity contribution is -0.150. The number of aromatic amines is 1. The SMILES string of the molecule is CC(C)(C)OC(=O)Nc1nc(/C(=N/O)C(=O)N[C@@H]2C(=O)N3C(C(=O)O)=C(/C=C/Sc4cc(=O)[nH]c(N)n4)CS[C@H]23)c(Cl)s1. The molecule has 0 aromatic carbocycles. The molecule has 228 valence electrons. The number of carbonyl (C=O) groups excluding carboxylic acids is 3. The van der Waals surface area contributed by atoms with Crippen LogP contribution in [0.4, 0.5) is 15.9 Å². The Morgan fingerprint density at radius 1 is 1.33 bits per heavy atom. The molecule has 4 heterocycles. The lowest BCUT2D eigenvalue weighted by Gasteiger charge is -2.49. The Morgan fingerprint density at radius 2 is 2.05 bits per heavy atom. The van der Waals surface area contributed by atoms with Crippen molar-refractivity contribution >= 4 is 87.1 Å². The van der Waals surface area contributed by atoms with E-state index in [9.17, 15) is 34.3 Å². The molecule has 3 amide bonds. The van der Waals surface area contributed by atoms with Gasteiger partial charge in [0.05, 0.1) is 0 Å². The number of rotatable bonds is 8. The molecule has 20 heteroatoms. The van der Waals surface area contributed by atoms with E-state index in [1.165, 1.54) is 29.3 Å². The van der Waals surface area contributed by atoms with Crippen LogP contribution in [-0.4, -0.2) is 82.5 Å². The number of β-lactam (4-membered cyclic amide) rings is 1. The molecular weight excluding hydrogens is 648 g/mol. The summed E-state index contributed by atoms with van der Waals surface area (Å²) in [5.41, 5.74) is 3.44. The number of halogens is 1. The number of aromatic nitrogens is 3. The highest BCUT2D eigenvalue weighted by atomic mass is 35.5. The fourth-order valence-electron chi connectivity index (χ4n) is 3.77. The van der Waals surface area contributed by atoms with Crippen molar-refractivity contribution in [2.24, 2.45) is 5.16 Å². The number of thioether (sulfide) groups is 2. The summed E-state index contributed by atoms with van der Waals surface area (Å²) in [4.78, 5) is 73.1. The number of carboxylic acids is 1. The second kappa shape index (κ2) is 12.7. The molecule has 2 aromatic heterocycles. The Balaban J connectivity index is 1.45. The third-order valence-electron chi connectivity index (χ3n) is 5.41. The van der Waals surface area contributed by atoms with Crippen molar-refractivity contribution in [3.8, 4) is 0 Å². The van der Waals surface area contributed by atoms with Crippen LogP contribution in [0, 0.1) is 0 Å². The minimum absolute atomic E-state index is 0.0368. The van der Waals surface area contributed by atoms with Gasteiger partial charge in [-0.15, -0.1) is 11.8 Å². The van der Waals surface area contributed by atoms with Crippen LogP contribution in [-0.2, 0) is 19.1 Å². The van der Waals surface area contributed by atoms with Gasteiger partial charge in [0.1, 0.15) is 37.8 Å². The van der Waals surface area contributed by atoms with Gasteiger partial charge in [-0.1, -0.05) is 39.9 Å². The predicted molar refractivity (Wildman–Crippen MR) is 159 cm³/mol. The third-order valence-corrected chi connectivity index (χ3v) is 8.61. The minimum Gasteiger partial charge on any atom is -0.477 e. The molecule has 4 rings (SSSR count). The van der Waals surface area contributed by atoms with Crippen LogP contribution < -0.4 is 21.9 Å². The Bertz CT molecular complexity index is 1650. The van der Waals surface area contributed by atoms with Crippen molar-refractivity contribution < 1.29 is 34.2 Å². The van der Waals surface area contributed by atoms with E-state index in [4.69, 9.17) is 22.1 Å². The molecule has 0 bridgehead atoms. The number of carboxylic acid groups (broad SMARTS) is 1. The molecule has 1 fully saturated rings. The Morgan fingerprint density at radius 3 is 2.67 bits per heavy atom. The number of thiazole rings is 1. The summed E-state index contributed by atoms with van der Waals surface area (Å²) in [6.07, 6.45) is 0.664. The van der Waals surface area contributed by atoms with Gasteiger partial charge in [0.15, 0.2) is 10.8 Å². The molecular formula is C23H23ClN8O8S3. The first kappa shape index (κ1) is 31.9. The van der Waals surface area contributed by atoms with Crippen molar-refractivity contribution in [1.82, 2.24) is 25.2 Å². The number of carbonyl (C=O) groups is 4. The van der Waals surface area contributed by atoms with Gasteiger partial charge in [-0.3, -0.25) is 29.6 Å². The lowest BCUT2D eigenvalue weighted by atomic mass is 10.0. The molecule has 0 saturated carbocycles. The monoisotopic (exact) mass is 670 g/mol. The van der Waals surface area contributed by atoms with Crippen LogP contribution in [0.5, 0.6) is 0 Å². The summed E-state index contributed by atoms with van der Waals surface area (Å²) in [6.45, 7) is 4.99. The highest BCUT2D eigenvalue weighted by Crippen LogP contribution is 2.41. The molecule has 1 saturated heterocycles. The number of nitrogens with zero attached hydrogens (tertiary/aromatic N) is 4. The largest absolute Gasteiger partial charge is 0.477 e. The second-order valence-electron chi connectivity index (χ2n) is 9.65. The number of ether oxygens (including phenoxy) is 1.